The Morgan fingerprint density at radius 3 is 2.71 bits per heavy atom. The van der Waals surface area contributed by atoms with Gasteiger partial charge < -0.3 is 15.1 Å². The highest BCUT2D eigenvalue weighted by molar-refractivity contribution is 4.77. The molecule has 3 heteroatoms. The molecule has 0 bridgehead atoms. The maximum absolute atomic E-state index is 3.63. The summed E-state index contributed by atoms with van der Waals surface area (Å²) in [6, 6.07) is 0.666. The second kappa shape index (κ2) is 8.06. The van der Waals surface area contributed by atoms with E-state index in [0.29, 0.717) is 6.04 Å². The summed E-state index contributed by atoms with van der Waals surface area (Å²) < 4.78 is 0. The lowest BCUT2D eigenvalue weighted by atomic mass is 10.1. The van der Waals surface area contributed by atoms with Crippen molar-refractivity contribution in [3.05, 3.63) is 0 Å². The minimum absolute atomic E-state index is 0.666. The number of likely N-dealkylation sites (tertiary alicyclic amines) is 1. The van der Waals surface area contributed by atoms with Gasteiger partial charge in [-0.15, -0.1) is 0 Å². The second-order valence-electron chi connectivity index (χ2n) is 5.70. The van der Waals surface area contributed by atoms with E-state index in [1.54, 1.807) is 0 Å². The van der Waals surface area contributed by atoms with Gasteiger partial charge in [0.05, 0.1) is 0 Å². The third kappa shape index (κ3) is 5.84. The normalized spacial score (nSPS) is 23.5. The largest absolute Gasteiger partial charge is 0.313 e. The lowest BCUT2D eigenvalue weighted by molar-refractivity contribution is 0.244. The second-order valence-corrected chi connectivity index (χ2v) is 5.70. The molecule has 1 N–H and O–H groups in total. The van der Waals surface area contributed by atoms with Gasteiger partial charge in [0.1, 0.15) is 0 Å². The summed E-state index contributed by atoms with van der Waals surface area (Å²) in [4.78, 5) is 4.96. The van der Waals surface area contributed by atoms with Crippen molar-refractivity contribution in [1.29, 1.82) is 0 Å². The summed E-state index contributed by atoms with van der Waals surface area (Å²) in [7, 11) is 4.51. The van der Waals surface area contributed by atoms with Gasteiger partial charge in [-0.25, -0.2) is 0 Å². The zero-order valence-corrected chi connectivity index (χ0v) is 12.2. The summed E-state index contributed by atoms with van der Waals surface area (Å²) in [5.41, 5.74) is 0. The molecule has 1 rings (SSSR count). The van der Waals surface area contributed by atoms with Crippen LogP contribution < -0.4 is 5.32 Å². The first-order chi connectivity index (χ1) is 8.15. The topological polar surface area (TPSA) is 18.5 Å². The van der Waals surface area contributed by atoms with Gasteiger partial charge in [0.25, 0.3) is 0 Å². The highest BCUT2D eigenvalue weighted by atomic mass is 15.2. The first-order valence-electron chi connectivity index (χ1n) is 7.26. The van der Waals surface area contributed by atoms with E-state index >= 15 is 0 Å². The lowest BCUT2D eigenvalue weighted by Gasteiger charge is -2.26. The van der Waals surface area contributed by atoms with Gasteiger partial charge in [-0.2, -0.15) is 0 Å². The van der Waals surface area contributed by atoms with E-state index < -0.39 is 0 Å². The maximum atomic E-state index is 3.63. The Labute approximate surface area is 108 Å². The van der Waals surface area contributed by atoms with Gasteiger partial charge in [-0.3, -0.25) is 0 Å². The van der Waals surface area contributed by atoms with Gasteiger partial charge in [0, 0.05) is 25.7 Å². The van der Waals surface area contributed by atoms with Crippen LogP contribution in [0.1, 0.15) is 33.1 Å². The molecule has 0 aliphatic carbocycles. The maximum Gasteiger partial charge on any atom is 0.0192 e. The van der Waals surface area contributed by atoms with Crippen LogP contribution in [0.4, 0.5) is 0 Å². The SMILES string of the molecule is CCCNC(CC)CN(C)CC1CCN(C)C1. The van der Waals surface area contributed by atoms with Crippen molar-refractivity contribution >= 4 is 0 Å². The van der Waals surface area contributed by atoms with Gasteiger partial charge in [0.15, 0.2) is 0 Å². The van der Waals surface area contributed by atoms with Crippen molar-refractivity contribution in [3.63, 3.8) is 0 Å². The highest BCUT2D eigenvalue weighted by Crippen LogP contribution is 2.15. The smallest absolute Gasteiger partial charge is 0.0192 e. The van der Waals surface area contributed by atoms with Crippen LogP contribution in [-0.4, -0.2) is 62.7 Å². The van der Waals surface area contributed by atoms with Crippen LogP contribution in [0.25, 0.3) is 0 Å². The zero-order chi connectivity index (χ0) is 12.7. The Hall–Kier alpha value is -0.120. The van der Waals surface area contributed by atoms with E-state index in [1.807, 2.05) is 0 Å². The van der Waals surface area contributed by atoms with Crippen LogP contribution in [0.2, 0.25) is 0 Å². The van der Waals surface area contributed by atoms with Crippen LogP contribution in [0, 0.1) is 5.92 Å². The molecule has 0 aromatic heterocycles. The molecule has 2 atom stereocenters. The van der Waals surface area contributed by atoms with Gasteiger partial charge >= 0.3 is 0 Å². The first-order valence-corrected chi connectivity index (χ1v) is 7.26. The first kappa shape index (κ1) is 14.9. The molecular weight excluding hydrogens is 210 g/mol. The summed E-state index contributed by atoms with van der Waals surface area (Å²) in [5, 5.41) is 3.63. The number of rotatable bonds is 8. The minimum atomic E-state index is 0.666. The zero-order valence-electron chi connectivity index (χ0n) is 12.2. The Morgan fingerprint density at radius 1 is 1.41 bits per heavy atom. The molecule has 3 nitrogen and oxygen atoms in total. The fraction of sp³-hybridized carbons (Fsp3) is 1.00. The van der Waals surface area contributed by atoms with Crippen LogP contribution in [-0.2, 0) is 0 Å². The van der Waals surface area contributed by atoms with Crippen molar-refractivity contribution < 1.29 is 0 Å². The molecule has 2 unspecified atom stereocenters. The van der Waals surface area contributed by atoms with Crippen molar-refractivity contribution in [2.45, 2.75) is 39.2 Å². The van der Waals surface area contributed by atoms with E-state index in [-0.39, 0.29) is 0 Å². The van der Waals surface area contributed by atoms with Gasteiger partial charge in [-0.05, 0) is 52.4 Å². The average Bonchev–Trinajstić information content (AvgIpc) is 2.69. The number of nitrogens with zero attached hydrogens (tertiary/aromatic N) is 2. The summed E-state index contributed by atoms with van der Waals surface area (Å²) in [6.07, 6.45) is 3.84. The predicted octanol–water partition coefficient (Wildman–Crippen LogP) is 1.65. The number of likely N-dealkylation sites (N-methyl/N-ethyl adjacent to an activating group) is 1. The molecule has 1 aliphatic heterocycles. The Kier molecular flexibility index (Phi) is 7.09. The summed E-state index contributed by atoms with van der Waals surface area (Å²) in [6.45, 7) is 10.7. The fourth-order valence-electron chi connectivity index (χ4n) is 2.75. The molecule has 0 aromatic carbocycles. The third-order valence-corrected chi connectivity index (χ3v) is 3.77. The number of nitrogens with one attached hydrogen (secondary N) is 1. The van der Waals surface area contributed by atoms with E-state index in [2.05, 4.69) is 43.1 Å². The van der Waals surface area contributed by atoms with Gasteiger partial charge in [-0.1, -0.05) is 13.8 Å². The average molecular weight is 241 g/mol. The molecule has 1 heterocycles. The lowest BCUT2D eigenvalue weighted by Crippen LogP contribution is -2.41. The monoisotopic (exact) mass is 241 g/mol. The molecule has 0 aromatic rings. The van der Waals surface area contributed by atoms with Crippen LogP contribution in [0.5, 0.6) is 0 Å². The molecule has 0 saturated carbocycles. The van der Waals surface area contributed by atoms with Crippen molar-refractivity contribution in [3.8, 4) is 0 Å². The molecule has 0 radical (unpaired) electrons. The van der Waals surface area contributed by atoms with Crippen molar-refractivity contribution in [1.82, 2.24) is 15.1 Å². The molecule has 17 heavy (non-hydrogen) atoms. The molecular formula is C14H31N3. The van der Waals surface area contributed by atoms with E-state index in [0.717, 1.165) is 12.5 Å². The number of hydrogen-bond donors (Lipinski definition) is 1. The van der Waals surface area contributed by atoms with Crippen molar-refractivity contribution in [2.24, 2.45) is 5.92 Å². The van der Waals surface area contributed by atoms with E-state index in [1.165, 1.54) is 45.4 Å². The van der Waals surface area contributed by atoms with Crippen LogP contribution in [0.3, 0.4) is 0 Å². The minimum Gasteiger partial charge on any atom is -0.313 e. The van der Waals surface area contributed by atoms with Gasteiger partial charge in [0.2, 0.25) is 0 Å². The fourth-order valence-corrected chi connectivity index (χ4v) is 2.75. The third-order valence-electron chi connectivity index (χ3n) is 3.77. The van der Waals surface area contributed by atoms with E-state index in [4.69, 9.17) is 0 Å². The number of hydrogen-bond acceptors (Lipinski definition) is 3. The molecule has 102 valence electrons. The molecule has 1 fully saturated rings. The molecule has 1 saturated heterocycles. The Morgan fingerprint density at radius 2 is 2.18 bits per heavy atom. The summed E-state index contributed by atoms with van der Waals surface area (Å²) in [5.74, 6) is 0.883. The molecule has 0 amide bonds. The summed E-state index contributed by atoms with van der Waals surface area (Å²) >= 11 is 0. The highest BCUT2D eigenvalue weighted by Gasteiger charge is 2.21. The van der Waals surface area contributed by atoms with Crippen LogP contribution >= 0.6 is 0 Å². The van der Waals surface area contributed by atoms with Crippen molar-refractivity contribution in [2.75, 3.05) is 46.8 Å². The quantitative estimate of drug-likeness (QED) is 0.697. The molecule has 1 aliphatic rings. The standard InChI is InChI=1S/C14H31N3/c1-5-8-15-14(6-2)12-17(4)11-13-7-9-16(3)10-13/h13-15H,5-12H2,1-4H3. The Bertz CT molecular complexity index is 196. The predicted molar refractivity (Wildman–Crippen MR) is 75.5 cm³/mol. The Balaban J connectivity index is 2.19. The molecule has 0 spiro atoms. The van der Waals surface area contributed by atoms with Crippen LogP contribution in [0.15, 0.2) is 0 Å². The van der Waals surface area contributed by atoms with E-state index in [9.17, 15) is 0 Å².